The maximum Gasteiger partial charge on any atom is 0.257 e. The van der Waals surface area contributed by atoms with Crippen molar-refractivity contribution in [1.29, 1.82) is 0 Å². The second-order valence-electron chi connectivity index (χ2n) is 5.65. The molecule has 1 unspecified atom stereocenters. The molecule has 122 valence electrons. The van der Waals surface area contributed by atoms with Gasteiger partial charge in [0.15, 0.2) is 5.82 Å². The summed E-state index contributed by atoms with van der Waals surface area (Å²) in [5, 5.41) is 0. The van der Waals surface area contributed by atoms with Crippen LogP contribution in [0.4, 0.5) is 4.39 Å². The number of hydrogen-bond donors (Lipinski definition) is 0. The maximum absolute atomic E-state index is 13.8. The van der Waals surface area contributed by atoms with E-state index in [1.165, 1.54) is 12.3 Å². The first-order valence-corrected chi connectivity index (χ1v) is 7.72. The molecule has 0 bridgehead atoms. The molecule has 1 aliphatic heterocycles. The highest BCUT2D eigenvalue weighted by atomic mass is 19.1. The number of piperazine rings is 1. The van der Waals surface area contributed by atoms with Crippen LogP contribution in [0.5, 0.6) is 0 Å². The highest BCUT2D eigenvalue weighted by molar-refractivity contribution is 5.94. The van der Waals surface area contributed by atoms with Crippen LogP contribution in [0.3, 0.4) is 0 Å². The Morgan fingerprint density at radius 1 is 1.39 bits per heavy atom. The van der Waals surface area contributed by atoms with Crippen molar-refractivity contribution in [3.8, 4) is 0 Å². The zero-order valence-corrected chi connectivity index (χ0v) is 13.3. The molecule has 2 aromatic heterocycles. The molecule has 0 radical (unpaired) electrons. The number of pyridine rings is 1. The number of halogens is 1. The number of rotatable bonds is 3. The van der Waals surface area contributed by atoms with Crippen molar-refractivity contribution in [2.45, 2.75) is 13.0 Å². The SMILES string of the molecule is CCN1CCN(C(=O)c2ccncc2F)CC1c1nccn1C. The van der Waals surface area contributed by atoms with E-state index >= 15 is 0 Å². The average Bonchev–Trinajstić information content (AvgIpc) is 3.00. The van der Waals surface area contributed by atoms with Gasteiger partial charge in [-0.1, -0.05) is 6.92 Å². The molecule has 0 N–H and O–H groups in total. The molecule has 1 fully saturated rings. The van der Waals surface area contributed by atoms with Gasteiger partial charge >= 0.3 is 0 Å². The Morgan fingerprint density at radius 3 is 2.87 bits per heavy atom. The lowest BCUT2D eigenvalue weighted by molar-refractivity contribution is 0.0468. The number of imidazole rings is 1. The van der Waals surface area contributed by atoms with E-state index in [4.69, 9.17) is 0 Å². The van der Waals surface area contributed by atoms with E-state index in [1.54, 1.807) is 11.1 Å². The van der Waals surface area contributed by atoms with E-state index in [9.17, 15) is 9.18 Å². The van der Waals surface area contributed by atoms with Gasteiger partial charge in [0, 0.05) is 45.3 Å². The summed E-state index contributed by atoms with van der Waals surface area (Å²) in [5.41, 5.74) is 0.0727. The van der Waals surface area contributed by atoms with E-state index in [0.717, 1.165) is 25.1 Å². The molecule has 0 saturated carbocycles. The number of amides is 1. The summed E-state index contributed by atoms with van der Waals surface area (Å²) in [7, 11) is 1.94. The average molecular weight is 317 g/mol. The lowest BCUT2D eigenvalue weighted by atomic mass is 10.1. The predicted octanol–water partition coefficient (Wildman–Crippen LogP) is 1.47. The number of carbonyl (C=O) groups excluding carboxylic acids is 1. The third-order valence-corrected chi connectivity index (χ3v) is 4.34. The van der Waals surface area contributed by atoms with E-state index in [2.05, 4.69) is 21.8 Å². The molecule has 1 amide bonds. The van der Waals surface area contributed by atoms with Crippen molar-refractivity contribution < 1.29 is 9.18 Å². The molecule has 0 aliphatic carbocycles. The summed E-state index contributed by atoms with van der Waals surface area (Å²) in [5.74, 6) is 0.0448. The molecule has 1 aliphatic rings. The number of aryl methyl sites for hydroxylation is 1. The van der Waals surface area contributed by atoms with Gasteiger partial charge in [0.25, 0.3) is 5.91 Å². The molecule has 3 rings (SSSR count). The van der Waals surface area contributed by atoms with Crippen LogP contribution in [0.1, 0.15) is 29.1 Å². The summed E-state index contributed by atoms with van der Waals surface area (Å²) in [6.07, 6.45) is 6.17. The van der Waals surface area contributed by atoms with Gasteiger partial charge in [0.1, 0.15) is 5.82 Å². The molecule has 7 heteroatoms. The summed E-state index contributed by atoms with van der Waals surface area (Å²) < 4.78 is 15.8. The highest BCUT2D eigenvalue weighted by Gasteiger charge is 2.32. The minimum absolute atomic E-state index is 0.0163. The minimum Gasteiger partial charge on any atom is -0.337 e. The van der Waals surface area contributed by atoms with Crippen LogP contribution in [0.2, 0.25) is 0 Å². The number of nitrogens with zero attached hydrogens (tertiary/aromatic N) is 5. The molecular formula is C16H20FN5O. The molecular weight excluding hydrogens is 297 g/mol. The molecule has 1 atom stereocenters. The molecule has 6 nitrogen and oxygen atoms in total. The Hall–Kier alpha value is -2.28. The van der Waals surface area contributed by atoms with Gasteiger partial charge in [0.05, 0.1) is 17.8 Å². The number of aromatic nitrogens is 3. The number of hydrogen-bond acceptors (Lipinski definition) is 4. The van der Waals surface area contributed by atoms with E-state index in [1.807, 2.05) is 17.8 Å². The van der Waals surface area contributed by atoms with Crippen molar-refractivity contribution in [1.82, 2.24) is 24.3 Å². The third kappa shape index (κ3) is 2.96. The molecule has 0 aromatic carbocycles. The van der Waals surface area contributed by atoms with Crippen LogP contribution in [0, 0.1) is 5.82 Å². The normalized spacial score (nSPS) is 19.1. The van der Waals surface area contributed by atoms with E-state index in [-0.39, 0.29) is 17.5 Å². The second kappa shape index (κ2) is 6.45. The van der Waals surface area contributed by atoms with Crippen molar-refractivity contribution in [3.05, 3.63) is 48.1 Å². The van der Waals surface area contributed by atoms with Crippen LogP contribution in [0.15, 0.2) is 30.9 Å². The summed E-state index contributed by atoms with van der Waals surface area (Å²) in [6.45, 7) is 4.79. The van der Waals surface area contributed by atoms with Crippen LogP contribution in [0.25, 0.3) is 0 Å². The predicted molar refractivity (Wildman–Crippen MR) is 83.3 cm³/mol. The largest absolute Gasteiger partial charge is 0.337 e. The molecule has 3 heterocycles. The van der Waals surface area contributed by atoms with Crippen molar-refractivity contribution in [2.24, 2.45) is 7.05 Å². The molecule has 2 aromatic rings. The van der Waals surface area contributed by atoms with Crippen LogP contribution in [-0.4, -0.2) is 56.4 Å². The first-order valence-electron chi connectivity index (χ1n) is 7.72. The smallest absolute Gasteiger partial charge is 0.257 e. The fourth-order valence-corrected chi connectivity index (χ4v) is 3.05. The molecule has 0 spiro atoms. The zero-order valence-electron chi connectivity index (χ0n) is 13.3. The van der Waals surface area contributed by atoms with Gasteiger partial charge in [-0.25, -0.2) is 9.37 Å². The molecule has 1 saturated heterocycles. The van der Waals surface area contributed by atoms with E-state index in [0.29, 0.717) is 13.1 Å². The quantitative estimate of drug-likeness (QED) is 0.860. The van der Waals surface area contributed by atoms with Crippen molar-refractivity contribution >= 4 is 5.91 Å². The van der Waals surface area contributed by atoms with Gasteiger partial charge in [-0.3, -0.25) is 14.7 Å². The maximum atomic E-state index is 13.8. The van der Waals surface area contributed by atoms with Crippen LogP contribution < -0.4 is 0 Å². The second-order valence-corrected chi connectivity index (χ2v) is 5.65. The third-order valence-electron chi connectivity index (χ3n) is 4.34. The van der Waals surface area contributed by atoms with Gasteiger partial charge in [0.2, 0.25) is 0 Å². The monoisotopic (exact) mass is 317 g/mol. The molecule has 23 heavy (non-hydrogen) atoms. The Balaban J connectivity index is 1.84. The van der Waals surface area contributed by atoms with Gasteiger partial charge in [-0.05, 0) is 12.6 Å². The number of carbonyl (C=O) groups is 1. The van der Waals surface area contributed by atoms with Gasteiger partial charge in [-0.15, -0.1) is 0 Å². The van der Waals surface area contributed by atoms with E-state index < -0.39 is 5.82 Å². The summed E-state index contributed by atoms with van der Waals surface area (Å²) in [6, 6.07) is 1.45. The van der Waals surface area contributed by atoms with Gasteiger partial charge < -0.3 is 9.47 Å². The highest BCUT2D eigenvalue weighted by Crippen LogP contribution is 2.25. The lowest BCUT2D eigenvalue weighted by Crippen LogP contribution is -2.51. The Kier molecular flexibility index (Phi) is 4.38. The summed E-state index contributed by atoms with van der Waals surface area (Å²) in [4.78, 5) is 24.7. The Labute approximate surface area is 134 Å². The van der Waals surface area contributed by atoms with Gasteiger partial charge in [-0.2, -0.15) is 0 Å². The Morgan fingerprint density at radius 2 is 2.22 bits per heavy atom. The first kappa shape index (κ1) is 15.6. The first-order chi connectivity index (χ1) is 11.1. The minimum atomic E-state index is -0.580. The fourth-order valence-electron chi connectivity index (χ4n) is 3.05. The lowest BCUT2D eigenvalue weighted by Gasteiger charge is -2.40. The fraction of sp³-hybridized carbons (Fsp3) is 0.438. The van der Waals surface area contributed by atoms with Crippen LogP contribution in [-0.2, 0) is 7.05 Å². The van der Waals surface area contributed by atoms with Crippen LogP contribution >= 0.6 is 0 Å². The van der Waals surface area contributed by atoms with Crippen molar-refractivity contribution in [2.75, 3.05) is 26.2 Å². The standard InChI is InChI=1S/C16H20FN5O/c1-3-21-8-9-22(11-14(21)15-19-6-7-20(15)2)16(23)12-4-5-18-10-13(12)17/h4-7,10,14H,3,8-9,11H2,1-2H3. The topological polar surface area (TPSA) is 54.3 Å². The Bertz CT molecular complexity index is 701. The zero-order chi connectivity index (χ0) is 16.4. The summed E-state index contributed by atoms with van der Waals surface area (Å²) >= 11 is 0. The van der Waals surface area contributed by atoms with Crippen molar-refractivity contribution in [3.63, 3.8) is 0 Å². The number of likely N-dealkylation sites (N-methyl/N-ethyl adjacent to an activating group) is 1.